The summed E-state index contributed by atoms with van der Waals surface area (Å²) in [7, 11) is 0. The van der Waals surface area contributed by atoms with Crippen molar-refractivity contribution in [2.24, 2.45) is 10.8 Å². The molecule has 0 fully saturated rings. The first kappa shape index (κ1) is 27.9. The molecule has 0 saturated carbocycles. The SMILES string of the molecule is CCCN1C2=C(C(=O)CC(C)(C)C2)C(c2cccc(OCc3ccc(C(=O)O)cc3)c2)C2=C1CC(C)(C)CC2=O. The Morgan fingerprint density at radius 3 is 2.00 bits per heavy atom. The lowest BCUT2D eigenvalue weighted by Crippen LogP contribution is -2.44. The Morgan fingerprint density at radius 2 is 1.48 bits per heavy atom. The van der Waals surface area contributed by atoms with Gasteiger partial charge in [-0.2, -0.15) is 0 Å². The molecule has 0 bridgehead atoms. The van der Waals surface area contributed by atoms with E-state index in [0.717, 1.165) is 59.5 Å². The first-order valence-corrected chi connectivity index (χ1v) is 14.2. The highest BCUT2D eigenvalue weighted by Crippen LogP contribution is 2.54. The average Bonchev–Trinajstić information content (AvgIpc) is 2.87. The van der Waals surface area contributed by atoms with Crippen molar-refractivity contribution < 1.29 is 24.2 Å². The van der Waals surface area contributed by atoms with Crippen LogP contribution in [0.3, 0.4) is 0 Å². The second-order valence-corrected chi connectivity index (χ2v) is 13.1. The number of hydrogen-bond acceptors (Lipinski definition) is 5. The first-order valence-electron chi connectivity index (χ1n) is 14.2. The van der Waals surface area contributed by atoms with E-state index in [2.05, 4.69) is 39.5 Å². The zero-order chi connectivity index (χ0) is 28.8. The number of ether oxygens (including phenoxy) is 1. The molecule has 1 N–H and O–H groups in total. The van der Waals surface area contributed by atoms with E-state index in [9.17, 15) is 14.4 Å². The van der Waals surface area contributed by atoms with E-state index < -0.39 is 11.9 Å². The molecule has 1 aliphatic heterocycles. The molecule has 40 heavy (non-hydrogen) atoms. The number of ketones is 2. The molecular weight excluding hydrogens is 502 g/mol. The van der Waals surface area contributed by atoms with Gasteiger partial charge in [0.1, 0.15) is 12.4 Å². The smallest absolute Gasteiger partial charge is 0.335 e. The molecule has 0 spiro atoms. The zero-order valence-corrected chi connectivity index (χ0v) is 24.2. The van der Waals surface area contributed by atoms with Gasteiger partial charge < -0.3 is 14.7 Å². The van der Waals surface area contributed by atoms with Crippen molar-refractivity contribution in [3.8, 4) is 5.75 Å². The zero-order valence-electron chi connectivity index (χ0n) is 24.2. The van der Waals surface area contributed by atoms with Gasteiger partial charge in [-0.3, -0.25) is 9.59 Å². The number of rotatable bonds is 7. The van der Waals surface area contributed by atoms with Crippen LogP contribution in [-0.2, 0) is 16.2 Å². The van der Waals surface area contributed by atoms with E-state index in [4.69, 9.17) is 9.84 Å². The van der Waals surface area contributed by atoms with Crippen LogP contribution in [0.5, 0.6) is 5.75 Å². The standard InChI is InChI=1S/C34H39NO5/c1-6-14-35-25-16-33(2,3)18-27(36)30(25)29(31-26(35)17-34(4,5)19-28(31)37)23-8-7-9-24(15-23)40-20-21-10-12-22(13-11-21)32(38)39/h7-13,15,29H,6,14,16-20H2,1-5H3,(H,38,39). The summed E-state index contributed by atoms with van der Waals surface area (Å²) in [6.45, 7) is 11.8. The predicted molar refractivity (Wildman–Crippen MR) is 154 cm³/mol. The monoisotopic (exact) mass is 541 g/mol. The number of carboxylic acids is 1. The Kier molecular flexibility index (Phi) is 7.24. The minimum Gasteiger partial charge on any atom is -0.489 e. The fraction of sp³-hybridized carbons (Fsp3) is 0.441. The highest BCUT2D eigenvalue weighted by Gasteiger charge is 2.48. The molecule has 0 radical (unpaired) electrons. The fourth-order valence-electron chi connectivity index (χ4n) is 6.57. The largest absolute Gasteiger partial charge is 0.489 e. The van der Waals surface area contributed by atoms with Crippen molar-refractivity contribution in [1.29, 1.82) is 0 Å². The Labute approximate surface area is 236 Å². The Morgan fingerprint density at radius 1 is 0.900 bits per heavy atom. The maximum absolute atomic E-state index is 13.9. The van der Waals surface area contributed by atoms with Gasteiger partial charge in [-0.1, -0.05) is 58.9 Å². The second-order valence-electron chi connectivity index (χ2n) is 13.1. The van der Waals surface area contributed by atoms with Gasteiger partial charge >= 0.3 is 5.97 Å². The first-order chi connectivity index (χ1) is 18.9. The van der Waals surface area contributed by atoms with E-state index in [1.165, 1.54) is 0 Å². The van der Waals surface area contributed by atoms with Gasteiger partial charge in [0.05, 0.1) is 5.56 Å². The summed E-state index contributed by atoms with van der Waals surface area (Å²) >= 11 is 0. The van der Waals surface area contributed by atoms with Crippen molar-refractivity contribution in [2.45, 2.75) is 79.2 Å². The fourth-order valence-corrected chi connectivity index (χ4v) is 6.57. The molecule has 3 aliphatic rings. The minimum absolute atomic E-state index is 0.131. The van der Waals surface area contributed by atoms with Crippen LogP contribution in [0.2, 0.25) is 0 Å². The predicted octanol–water partition coefficient (Wildman–Crippen LogP) is 7.06. The number of Topliss-reactive ketones (excluding diaryl/α,β-unsaturated/α-hetero) is 2. The van der Waals surface area contributed by atoms with Crippen LogP contribution in [0.15, 0.2) is 71.1 Å². The number of aromatic carboxylic acids is 1. The molecule has 2 aromatic carbocycles. The molecule has 1 heterocycles. The second kappa shape index (κ2) is 10.4. The average molecular weight is 542 g/mol. The summed E-state index contributed by atoms with van der Waals surface area (Å²) in [5.41, 5.74) is 5.43. The topological polar surface area (TPSA) is 83.9 Å². The van der Waals surface area contributed by atoms with Crippen LogP contribution in [0, 0.1) is 10.8 Å². The van der Waals surface area contributed by atoms with Gasteiger partial charge in [0.15, 0.2) is 11.6 Å². The summed E-state index contributed by atoms with van der Waals surface area (Å²) in [6.07, 6.45) is 3.47. The number of hydrogen-bond donors (Lipinski definition) is 1. The van der Waals surface area contributed by atoms with Crippen molar-refractivity contribution in [3.05, 3.63) is 87.8 Å². The van der Waals surface area contributed by atoms with E-state index in [1.54, 1.807) is 24.3 Å². The van der Waals surface area contributed by atoms with Crippen molar-refractivity contribution in [3.63, 3.8) is 0 Å². The van der Waals surface area contributed by atoms with Gasteiger partial charge in [-0.25, -0.2) is 4.79 Å². The highest BCUT2D eigenvalue weighted by molar-refractivity contribution is 6.06. The molecule has 0 amide bonds. The number of carbonyl (C=O) groups excluding carboxylic acids is 2. The van der Waals surface area contributed by atoms with Crippen LogP contribution in [0.25, 0.3) is 0 Å². The number of carbonyl (C=O) groups is 3. The van der Waals surface area contributed by atoms with Crippen molar-refractivity contribution >= 4 is 17.5 Å². The van der Waals surface area contributed by atoms with Gasteiger partial charge in [0.2, 0.25) is 0 Å². The van der Waals surface area contributed by atoms with E-state index in [0.29, 0.717) is 18.6 Å². The van der Waals surface area contributed by atoms with Gasteiger partial charge in [-0.15, -0.1) is 0 Å². The molecule has 0 saturated heterocycles. The number of benzene rings is 2. The lowest BCUT2D eigenvalue weighted by molar-refractivity contribution is -0.119. The molecular formula is C34H39NO5. The van der Waals surface area contributed by atoms with Crippen LogP contribution in [0.1, 0.15) is 94.1 Å². The van der Waals surface area contributed by atoms with Gasteiger partial charge in [0, 0.05) is 47.8 Å². The number of allylic oxidation sites excluding steroid dienone is 4. The lowest BCUT2D eigenvalue weighted by Gasteiger charge is -2.49. The lowest BCUT2D eigenvalue weighted by atomic mass is 9.63. The van der Waals surface area contributed by atoms with E-state index in [-0.39, 0.29) is 34.6 Å². The molecule has 210 valence electrons. The maximum atomic E-state index is 13.9. The van der Waals surface area contributed by atoms with E-state index in [1.807, 2.05) is 24.3 Å². The van der Waals surface area contributed by atoms with Crippen LogP contribution < -0.4 is 4.74 Å². The summed E-state index contributed by atoms with van der Waals surface area (Å²) in [4.78, 5) is 41.2. The van der Waals surface area contributed by atoms with Crippen LogP contribution in [0.4, 0.5) is 0 Å². The summed E-state index contributed by atoms with van der Waals surface area (Å²) in [5, 5.41) is 9.15. The summed E-state index contributed by atoms with van der Waals surface area (Å²) in [5.74, 6) is -0.456. The molecule has 0 unspecified atom stereocenters. The molecule has 2 aromatic rings. The third-order valence-electron chi connectivity index (χ3n) is 8.27. The molecule has 6 nitrogen and oxygen atoms in total. The summed E-state index contributed by atoms with van der Waals surface area (Å²) in [6, 6.07) is 14.4. The highest BCUT2D eigenvalue weighted by atomic mass is 16.5. The molecule has 5 rings (SSSR count). The van der Waals surface area contributed by atoms with Crippen molar-refractivity contribution in [1.82, 2.24) is 4.90 Å². The van der Waals surface area contributed by atoms with Crippen LogP contribution in [-0.4, -0.2) is 34.1 Å². The molecule has 6 heteroatoms. The van der Waals surface area contributed by atoms with Gasteiger partial charge in [0.25, 0.3) is 0 Å². The normalized spacial score (nSPS) is 20.4. The Balaban J connectivity index is 1.56. The maximum Gasteiger partial charge on any atom is 0.335 e. The third-order valence-corrected chi connectivity index (χ3v) is 8.27. The minimum atomic E-state index is -0.964. The molecule has 0 atom stereocenters. The number of nitrogens with zero attached hydrogens (tertiary/aromatic N) is 1. The van der Waals surface area contributed by atoms with E-state index >= 15 is 0 Å². The summed E-state index contributed by atoms with van der Waals surface area (Å²) < 4.78 is 6.12. The molecule has 2 aliphatic carbocycles. The molecule has 0 aromatic heterocycles. The third kappa shape index (κ3) is 5.36. The number of carboxylic acid groups (broad SMARTS) is 1. The van der Waals surface area contributed by atoms with Crippen molar-refractivity contribution in [2.75, 3.05) is 6.54 Å². The Bertz CT molecular complexity index is 1370. The van der Waals surface area contributed by atoms with Crippen LogP contribution >= 0.6 is 0 Å². The quantitative estimate of drug-likeness (QED) is 0.404. The Hall–Kier alpha value is -3.67. The van der Waals surface area contributed by atoms with Gasteiger partial charge in [-0.05, 0) is 65.5 Å².